The summed E-state index contributed by atoms with van der Waals surface area (Å²) >= 11 is 0. The van der Waals surface area contributed by atoms with Crippen molar-refractivity contribution in [1.29, 1.82) is 0 Å². The first-order valence-corrected chi connectivity index (χ1v) is 13.8. The summed E-state index contributed by atoms with van der Waals surface area (Å²) in [7, 11) is 0. The van der Waals surface area contributed by atoms with Crippen LogP contribution in [0.5, 0.6) is 0 Å². The van der Waals surface area contributed by atoms with Crippen LogP contribution in [0.2, 0.25) is 0 Å². The van der Waals surface area contributed by atoms with Gasteiger partial charge in [-0.3, -0.25) is 0 Å². The monoisotopic (exact) mass is 490 g/mol. The van der Waals surface area contributed by atoms with Gasteiger partial charge in [-0.25, -0.2) is 0 Å². The molecule has 39 heavy (non-hydrogen) atoms. The van der Waals surface area contributed by atoms with E-state index in [0.717, 1.165) is 0 Å². The third kappa shape index (κ3) is 2.18. The zero-order valence-electron chi connectivity index (χ0n) is 21.2. The van der Waals surface area contributed by atoms with E-state index in [-0.39, 0.29) is 5.41 Å². The SMILES string of the molecule is c1ccc2c(c1)-c1ccccc1C21c2ccccc2-c2c1cc1c3c(cccc23)-c2cc3ccccc3cc2-1. The van der Waals surface area contributed by atoms with Gasteiger partial charge in [-0.15, -0.1) is 0 Å². The van der Waals surface area contributed by atoms with Crippen LogP contribution in [0.4, 0.5) is 0 Å². The molecule has 0 bridgehead atoms. The van der Waals surface area contributed by atoms with E-state index in [1.807, 2.05) is 0 Å². The van der Waals surface area contributed by atoms with Gasteiger partial charge in [-0.2, -0.15) is 0 Å². The van der Waals surface area contributed by atoms with Crippen molar-refractivity contribution in [2.24, 2.45) is 0 Å². The van der Waals surface area contributed by atoms with E-state index in [2.05, 4.69) is 133 Å². The summed E-state index contributed by atoms with van der Waals surface area (Å²) in [5, 5.41) is 5.36. The van der Waals surface area contributed by atoms with Crippen molar-refractivity contribution in [1.82, 2.24) is 0 Å². The van der Waals surface area contributed by atoms with Gasteiger partial charge in [0.25, 0.3) is 0 Å². The molecule has 0 heteroatoms. The van der Waals surface area contributed by atoms with E-state index in [1.54, 1.807) is 0 Å². The summed E-state index contributed by atoms with van der Waals surface area (Å²) in [4.78, 5) is 0. The van der Waals surface area contributed by atoms with Gasteiger partial charge in [-0.1, -0.05) is 115 Å². The fraction of sp³-hybridized carbons (Fsp3) is 0.0256. The van der Waals surface area contributed by atoms with E-state index < -0.39 is 0 Å². The first kappa shape index (κ1) is 20.1. The van der Waals surface area contributed by atoms with Gasteiger partial charge in [-0.05, 0) is 107 Å². The van der Waals surface area contributed by atoms with E-state index in [1.165, 1.54) is 88.3 Å². The Balaban J connectivity index is 1.43. The lowest BCUT2D eigenvalue weighted by Crippen LogP contribution is -2.25. The molecule has 0 radical (unpaired) electrons. The molecule has 3 aliphatic rings. The predicted molar refractivity (Wildman–Crippen MR) is 162 cm³/mol. The molecule has 0 heterocycles. The van der Waals surface area contributed by atoms with Crippen molar-refractivity contribution in [2.45, 2.75) is 5.41 Å². The van der Waals surface area contributed by atoms with Crippen LogP contribution in [0.1, 0.15) is 22.3 Å². The Morgan fingerprint density at radius 2 is 0.846 bits per heavy atom. The Morgan fingerprint density at radius 3 is 1.51 bits per heavy atom. The largest absolute Gasteiger partial charge is 0.0725 e. The van der Waals surface area contributed by atoms with Crippen molar-refractivity contribution in [2.75, 3.05) is 0 Å². The van der Waals surface area contributed by atoms with Gasteiger partial charge in [0.05, 0.1) is 5.41 Å². The highest BCUT2D eigenvalue weighted by Gasteiger charge is 2.52. The molecule has 3 aliphatic carbocycles. The molecule has 0 saturated carbocycles. The second-order valence-electron chi connectivity index (χ2n) is 11.2. The minimum absolute atomic E-state index is 0.320. The third-order valence-corrected chi connectivity index (χ3v) is 9.58. The van der Waals surface area contributed by atoms with Crippen LogP contribution in [0.3, 0.4) is 0 Å². The highest BCUT2D eigenvalue weighted by molar-refractivity contribution is 6.22. The Labute approximate surface area is 226 Å². The van der Waals surface area contributed by atoms with Crippen LogP contribution < -0.4 is 0 Å². The smallest absolute Gasteiger partial charge is 0.0619 e. The standard InChI is InChI=1S/C39H22/c1-2-11-24-21-31-30(20-23(24)10-1)27-15-9-16-29-37(27)32(31)22-36-38(29)28-14-5-8-19-35(28)39(36)33-17-6-3-12-25(33)26-13-4-7-18-34(26)39/h1-22H. The Bertz CT molecular complexity index is 2180. The van der Waals surface area contributed by atoms with Gasteiger partial charge >= 0.3 is 0 Å². The van der Waals surface area contributed by atoms with Gasteiger partial charge < -0.3 is 0 Å². The first-order valence-electron chi connectivity index (χ1n) is 13.8. The maximum absolute atomic E-state index is 2.56. The third-order valence-electron chi connectivity index (χ3n) is 9.58. The van der Waals surface area contributed by atoms with E-state index in [0.29, 0.717) is 0 Å². The van der Waals surface area contributed by atoms with Gasteiger partial charge in [0.1, 0.15) is 0 Å². The lowest BCUT2D eigenvalue weighted by atomic mass is 9.70. The quantitative estimate of drug-likeness (QED) is 0.198. The highest BCUT2D eigenvalue weighted by atomic mass is 14.5. The molecule has 0 amide bonds. The zero-order valence-corrected chi connectivity index (χ0v) is 21.2. The number of hydrogen-bond acceptors (Lipinski definition) is 0. The van der Waals surface area contributed by atoms with E-state index in [4.69, 9.17) is 0 Å². The number of rotatable bonds is 0. The van der Waals surface area contributed by atoms with Crippen LogP contribution in [-0.2, 0) is 5.41 Å². The lowest BCUT2D eigenvalue weighted by Gasteiger charge is -2.30. The van der Waals surface area contributed by atoms with Crippen molar-refractivity contribution in [3.8, 4) is 44.5 Å². The van der Waals surface area contributed by atoms with Crippen LogP contribution in [0.15, 0.2) is 133 Å². The Hall–Kier alpha value is -4.94. The molecule has 0 aromatic heterocycles. The minimum Gasteiger partial charge on any atom is -0.0619 e. The highest BCUT2D eigenvalue weighted by Crippen LogP contribution is 2.65. The summed E-state index contributed by atoms with van der Waals surface area (Å²) in [6.07, 6.45) is 0. The van der Waals surface area contributed by atoms with Crippen LogP contribution in [0, 0.1) is 0 Å². The Morgan fingerprint density at radius 1 is 0.333 bits per heavy atom. The minimum atomic E-state index is -0.320. The summed E-state index contributed by atoms with van der Waals surface area (Å²) in [5.74, 6) is 0. The van der Waals surface area contributed by atoms with Gasteiger partial charge in [0, 0.05) is 0 Å². The molecule has 0 fully saturated rings. The molecule has 178 valence electrons. The van der Waals surface area contributed by atoms with Crippen molar-refractivity contribution >= 4 is 21.5 Å². The molecule has 1 spiro atoms. The number of fused-ring (bicyclic) bond motifs is 15. The molecule has 10 rings (SSSR count). The van der Waals surface area contributed by atoms with Crippen molar-refractivity contribution in [3.63, 3.8) is 0 Å². The van der Waals surface area contributed by atoms with Crippen molar-refractivity contribution in [3.05, 3.63) is 156 Å². The molecule has 0 aliphatic heterocycles. The molecule has 0 saturated heterocycles. The summed E-state index contributed by atoms with van der Waals surface area (Å²) in [6.45, 7) is 0. The second kappa shape index (κ2) is 6.73. The molecule has 7 aromatic carbocycles. The second-order valence-corrected chi connectivity index (χ2v) is 11.2. The molecule has 0 atom stereocenters. The lowest BCUT2D eigenvalue weighted by molar-refractivity contribution is 0.795. The number of benzene rings is 7. The van der Waals surface area contributed by atoms with Crippen molar-refractivity contribution < 1.29 is 0 Å². The summed E-state index contributed by atoms with van der Waals surface area (Å²) < 4.78 is 0. The van der Waals surface area contributed by atoms with Crippen LogP contribution in [0.25, 0.3) is 66.1 Å². The molecule has 7 aromatic rings. The topological polar surface area (TPSA) is 0 Å². The van der Waals surface area contributed by atoms with Crippen LogP contribution in [-0.4, -0.2) is 0 Å². The van der Waals surface area contributed by atoms with E-state index >= 15 is 0 Å². The predicted octanol–water partition coefficient (Wildman–Crippen LogP) is 9.98. The summed E-state index contributed by atoms with van der Waals surface area (Å²) in [5.41, 5.74) is 16.2. The molecule has 0 nitrogen and oxygen atoms in total. The van der Waals surface area contributed by atoms with Gasteiger partial charge in [0.15, 0.2) is 0 Å². The maximum atomic E-state index is 2.56. The molecular formula is C39H22. The average molecular weight is 491 g/mol. The molecule has 0 N–H and O–H groups in total. The fourth-order valence-corrected chi connectivity index (χ4v) is 8.18. The molecular weight excluding hydrogens is 468 g/mol. The average Bonchev–Trinajstić information content (AvgIpc) is 3.59. The number of hydrogen-bond donors (Lipinski definition) is 0. The fourth-order valence-electron chi connectivity index (χ4n) is 8.18. The van der Waals surface area contributed by atoms with Crippen LogP contribution >= 0.6 is 0 Å². The zero-order chi connectivity index (χ0) is 25.3. The van der Waals surface area contributed by atoms with E-state index in [9.17, 15) is 0 Å². The summed E-state index contributed by atoms with van der Waals surface area (Å²) in [6, 6.07) is 50.3. The normalized spacial score (nSPS) is 14.4. The first-order chi connectivity index (χ1) is 19.4. The maximum Gasteiger partial charge on any atom is 0.0725 e. The Kier molecular flexibility index (Phi) is 3.46. The van der Waals surface area contributed by atoms with Gasteiger partial charge in [0.2, 0.25) is 0 Å². The molecule has 0 unspecified atom stereocenters.